The highest BCUT2D eigenvalue weighted by atomic mass is 79.9. The van der Waals surface area contributed by atoms with E-state index in [2.05, 4.69) is 15.9 Å². The molecule has 0 unspecified atom stereocenters. The van der Waals surface area contributed by atoms with Crippen LogP contribution in [0.2, 0.25) is 0 Å². The Balaban J connectivity index is 2.82. The molecule has 0 aromatic heterocycles. The molecule has 1 aromatic rings. The molecule has 0 saturated heterocycles. The number of benzene rings is 1. The van der Waals surface area contributed by atoms with Gasteiger partial charge in [-0.3, -0.25) is 4.79 Å². The lowest BCUT2D eigenvalue weighted by molar-refractivity contribution is 0.0769. The summed E-state index contributed by atoms with van der Waals surface area (Å²) < 4.78 is 0.943. The van der Waals surface area contributed by atoms with Crippen LogP contribution in [0.5, 0.6) is 0 Å². The van der Waals surface area contributed by atoms with Crippen molar-refractivity contribution in [2.45, 2.75) is 20.3 Å². The molecule has 0 aliphatic rings. The molecule has 1 rings (SSSR count). The highest BCUT2D eigenvalue weighted by molar-refractivity contribution is 9.10. The Kier molecular flexibility index (Phi) is 5.75. The second kappa shape index (κ2) is 6.85. The molecule has 0 saturated carbocycles. The number of rotatable bonds is 5. The summed E-state index contributed by atoms with van der Waals surface area (Å²) in [6, 6.07) is 5.62. The van der Waals surface area contributed by atoms with Gasteiger partial charge in [0.25, 0.3) is 5.91 Å². The Hall–Kier alpha value is -0.940. The number of halogens is 1. The standard InChI is InChI=1S/C13H17BrN2OS/c1-3-16(7-6-12(15)18)13(17)10-5-4-9(2)11(14)8-10/h4-5,8H,3,6-7H2,1-2H3,(H2,15,18). The van der Waals surface area contributed by atoms with E-state index in [9.17, 15) is 4.79 Å². The van der Waals surface area contributed by atoms with Crippen LogP contribution in [0.3, 0.4) is 0 Å². The van der Waals surface area contributed by atoms with Crippen LogP contribution >= 0.6 is 28.1 Å². The monoisotopic (exact) mass is 328 g/mol. The first-order valence-electron chi connectivity index (χ1n) is 5.79. The predicted molar refractivity (Wildman–Crippen MR) is 81.9 cm³/mol. The second-order valence-electron chi connectivity index (χ2n) is 4.07. The topological polar surface area (TPSA) is 46.3 Å². The van der Waals surface area contributed by atoms with Gasteiger partial charge in [0.05, 0.1) is 4.99 Å². The van der Waals surface area contributed by atoms with E-state index in [0.29, 0.717) is 30.1 Å². The van der Waals surface area contributed by atoms with Crippen molar-refractivity contribution >= 4 is 39.0 Å². The maximum absolute atomic E-state index is 12.3. The number of hydrogen-bond acceptors (Lipinski definition) is 2. The van der Waals surface area contributed by atoms with E-state index in [-0.39, 0.29) is 5.91 Å². The van der Waals surface area contributed by atoms with Gasteiger partial charge in [0.2, 0.25) is 0 Å². The molecule has 2 N–H and O–H groups in total. The Morgan fingerprint density at radius 3 is 2.67 bits per heavy atom. The summed E-state index contributed by atoms with van der Waals surface area (Å²) in [4.78, 5) is 14.5. The van der Waals surface area contributed by atoms with Crippen LogP contribution in [0.1, 0.15) is 29.3 Å². The van der Waals surface area contributed by atoms with Crippen LogP contribution in [-0.2, 0) is 0 Å². The van der Waals surface area contributed by atoms with Crippen LogP contribution in [0, 0.1) is 6.92 Å². The number of aryl methyl sites for hydroxylation is 1. The van der Waals surface area contributed by atoms with E-state index in [1.165, 1.54) is 0 Å². The van der Waals surface area contributed by atoms with Crippen molar-refractivity contribution < 1.29 is 4.79 Å². The lowest BCUT2D eigenvalue weighted by Crippen LogP contribution is -2.33. The second-order valence-corrected chi connectivity index (χ2v) is 5.44. The SMILES string of the molecule is CCN(CCC(N)=S)C(=O)c1ccc(C)c(Br)c1. The van der Waals surface area contributed by atoms with Gasteiger partial charge in [0.1, 0.15) is 0 Å². The number of hydrogen-bond donors (Lipinski definition) is 1. The maximum atomic E-state index is 12.3. The van der Waals surface area contributed by atoms with Crippen molar-refractivity contribution in [1.29, 1.82) is 0 Å². The molecule has 0 aliphatic heterocycles. The van der Waals surface area contributed by atoms with Gasteiger partial charge in [-0.1, -0.05) is 34.2 Å². The zero-order chi connectivity index (χ0) is 13.7. The Labute approximate surface area is 121 Å². The van der Waals surface area contributed by atoms with Crippen LogP contribution < -0.4 is 5.73 Å². The van der Waals surface area contributed by atoms with Gasteiger partial charge in [0.15, 0.2) is 0 Å². The van der Waals surface area contributed by atoms with E-state index < -0.39 is 0 Å². The van der Waals surface area contributed by atoms with E-state index in [1.54, 1.807) is 4.90 Å². The largest absolute Gasteiger partial charge is 0.393 e. The number of thiocarbonyl (C=S) groups is 1. The summed E-state index contributed by atoms with van der Waals surface area (Å²) in [5.41, 5.74) is 7.25. The van der Waals surface area contributed by atoms with E-state index in [1.807, 2.05) is 32.0 Å². The Morgan fingerprint density at radius 1 is 1.50 bits per heavy atom. The highest BCUT2D eigenvalue weighted by Gasteiger charge is 2.14. The van der Waals surface area contributed by atoms with Gasteiger partial charge in [0, 0.05) is 29.5 Å². The van der Waals surface area contributed by atoms with Crippen LogP contribution in [0.15, 0.2) is 22.7 Å². The minimum Gasteiger partial charge on any atom is -0.393 e. The van der Waals surface area contributed by atoms with Gasteiger partial charge in [-0.15, -0.1) is 0 Å². The Morgan fingerprint density at radius 2 is 2.17 bits per heavy atom. The third kappa shape index (κ3) is 4.07. The first kappa shape index (κ1) is 15.1. The van der Waals surface area contributed by atoms with Crippen LogP contribution in [0.4, 0.5) is 0 Å². The zero-order valence-corrected chi connectivity index (χ0v) is 13.0. The zero-order valence-electron chi connectivity index (χ0n) is 10.6. The average Bonchev–Trinajstić information content (AvgIpc) is 2.32. The molecular formula is C13H17BrN2OS. The van der Waals surface area contributed by atoms with Gasteiger partial charge in [-0.05, 0) is 31.5 Å². The molecule has 5 heteroatoms. The van der Waals surface area contributed by atoms with Crippen molar-refractivity contribution in [3.05, 3.63) is 33.8 Å². The van der Waals surface area contributed by atoms with Crippen molar-refractivity contribution in [2.75, 3.05) is 13.1 Å². The van der Waals surface area contributed by atoms with E-state index >= 15 is 0 Å². The molecule has 0 radical (unpaired) electrons. The minimum atomic E-state index is 0.00875. The molecule has 3 nitrogen and oxygen atoms in total. The molecule has 0 fully saturated rings. The van der Waals surface area contributed by atoms with Crippen molar-refractivity contribution in [2.24, 2.45) is 5.73 Å². The number of nitrogens with zero attached hydrogens (tertiary/aromatic N) is 1. The fourth-order valence-corrected chi connectivity index (χ4v) is 2.03. The van der Waals surface area contributed by atoms with Gasteiger partial charge in [-0.2, -0.15) is 0 Å². The summed E-state index contributed by atoms with van der Waals surface area (Å²) in [6.45, 7) is 5.15. The quantitative estimate of drug-likeness (QED) is 0.845. The summed E-state index contributed by atoms with van der Waals surface area (Å²) in [5, 5.41) is 0. The summed E-state index contributed by atoms with van der Waals surface area (Å²) >= 11 is 8.27. The molecular weight excluding hydrogens is 312 g/mol. The van der Waals surface area contributed by atoms with Crippen molar-refractivity contribution in [3.63, 3.8) is 0 Å². The highest BCUT2D eigenvalue weighted by Crippen LogP contribution is 2.18. The summed E-state index contributed by atoms with van der Waals surface area (Å²) in [6.07, 6.45) is 0.557. The van der Waals surface area contributed by atoms with Gasteiger partial charge in [-0.25, -0.2) is 0 Å². The first-order valence-corrected chi connectivity index (χ1v) is 6.99. The number of carbonyl (C=O) groups is 1. The van der Waals surface area contributed by atoms with Crippen molar-refractivity contribution in [1.82, 2.24) is 4.90 Å². The van der Waals surface area contributed by atoms with E-state index in [4.69, 9.17) is 18.0 Å². The first-order chi connectivity index (χ1) is 8.45. The molecule has 1 aromatic carbocycles. The van der Waals surface area contributed by atoms with Crippen LogP contribution in [0.25, 0.3) is 0 Å². The fraction of sp³-hybridized carbons (Fsp3) is 0.385. The normalized spacial score (nSPS) is 10.2. The predicted octanol–water partition coefficient (Wildman–Crippen LogP) is 2.90. The molecule has 98 valence electrons. The minimum absolute atomic E-state index is 0.00875. The third-order valence-corrected chi connectivity index (χ3v) is 3.77. The maximum Gasteiger partial charge on any atom is 0.253 e. The number of amides is 1. The average molecular weight is 329 g/mol. The van der Waals surface area contributed by atoms with Gasteiger partial charge < -0.3 is 10.6 Å². The summed E-state index contributed by atoms with van der Waals surface area (Å²) in [5.74, 6) is 0.00875. The molecule has 0 aliphatic carbocycles. The molecule has 0 atom stereocenters. The Bertz CT molecular complexity index is 462. The van der Waals surface area contributed by atoms with E-state index in [0.717, 1.165) is 10.0 Å². The molecule has 0 spiro atoms. The smallest absolute Gasteiger partial charge is 0.253 e. The van der Waals surface area contributed by atoms with Gasteiger partial charge >= 0.3 is 0 Å². The van der Waals surface area contributed by atoms with Crippen molar-refractivity contribution in [3.8, 4) is 0 Å². The lowest BCUT2D eigenvalue weighted by atomic mass is 10.1. The third-order valence-electron chi connectivity index (χ3n) is 2.72. The lowest BCUT2D eigenvalue weighted by Gasteiger charge is -2.21. The number of nitrogens with two attached hydrogens (primary N) is 1. The fourth-order valence-electron chi connectivity index (χ4n) is 1.56. The molecule has 18 heavy (non-hydrogen) atoms. The molecule has 0 heterocycles. The molecule has 0 bridgehead atoms. The summed E-state index contributed by atoms with van der Waals surface area (Å²) in [7, 11) is 0. The molecule has 1 amide bonds. The van der Waals surface area contributed by atoms with Crippen LogP contribution in [-0.4, -0.2) is 28.9 Å². The number of carbonyl (C=O) groups excluding carboxylic acids is 1.